The summed E-state index contributed by atoms with van der Waals surface area (Å²) in [5.74, 6) is -0.778. The lowest BCUT2D eigenvalue weighted by atomic mass is 9.75. The summed E-state index contributed by atoms with van der Waals surface area (Å²) in [5.41, 5.74) is 5.55. The highest BCUT2D eigenvalue weighted by atomic mass is 32.2. The van der Waals surface area contributed by atoms with Gasteiger partial charge in [-0.05, 0) is 61.8 Å². The zero-order chi connectivity index (χ0) is 34.1. The first kappa shape index (κ1) is 34.2. The van der Waals surface area contributed by atoms with Gasteiger partial charge in [0.05, 0.1) is 32.1 Å². The molecule has 2 aromatic rings. The maximum Gasteiger partial charge on any atom is 0.305 e. The molecule has 0 radical (unpaired) electrons. The Labute approximate surface area is 282 Å². The van der Waals surface area contributed by atoms with Crippen molar-refractivity contribution in [3.8, 4) is 11.5 Å². The van der Waals surface area contributed by atoms with Gasteiger partial charge in [0.1, 0.15) is 29.5 Å². The minimum absolute atomic E-state index is 0.104. The number of aromatic nitrogens is 2. The smallest absolute Gasteiger partial charge is 0.305 e. The number of benzene rings is 1. The molecular formula is C33H43N5O9S. The number of aliphatic hydroxyl groups is 4. The lowest BCUT2D eigenvalue weighted by molar-refractivity contribution is -0.136. The van der Waals surface area contributed by atoms with E-state index in [1.807, 2.05) is 18.2 Å². The van der Waals surface area contributed by atoms with Crippen LogP contribution >= 0.6 is 11.8 Å². The zero-order valence-corrected chi connectivity index (χ0v) is 27.9. The summed E-state index contributed by atoms with van der Waals surface area (Å²) in [6.07, 6.45) is 3.54. The number of methoxy groups -OCH3 is 2. The second kappa shape index (κ2) is 14.5. The van der Waals surface area contributed by atoms with E-state index >= 15 is 0 Å². The van der Waals surface area contributed by atoms with Crippen LogP contribution in [0.25, 0.3) is 0 Å². The van der Waals surface area contributed by atoms with E-state index in [4.69, 9.17) is 14.5 Å². The van der Waals surface area contributed by atoms with Crippen LogP contribution in [0.2, 0.25) is 0 Å². The van der Waals surface area contributed by atoms with Gasteiger partial charge in [-0.15, -0.1) is 11.8 Å². The number of anilines is 1. The Kier molecular flexibility index (Phi) is 10.3. The molecule has 15 heteroatoms. The highest BCUT2D eigenvalue weighted by molar-refractivity contribution is 8.01. The maximum absolute atomic E-state index is 14.2. The minimum atomic E-state index is -1.78. The number of hydrogen-bond donors (Lipinski definition) is 6. The molecule has 2 fully saturated rings. The lowest BCUT2D eigenvalue weighted by Gasteiger charge is -2.45. The minimum Gasteiger partial charge on any atom is -0.493 e. The van der Waals surface area contributed by atoms with Crippen LogP contribution in [-0.2, 0) is 4.79 Å². The van der Waals surface area contributed by atoms with E-state index in [9.17, 15) is 34.8 Å². The topological polar surface area (TPSA) is 198 Å². The molecule has 2 aliphatic carbocycles. The summed E-state index contributed by atoms with van der Waals surface area (Å²) in [5, 5.41) is 39.8. The number of aromatic amines is 1. The molecule has 3 heterocycles. The van der Waals surface area contributed by atoms with E-state index in [0.717, 1.165) is 91.4 Å². The number of carbonyl (C=O) groups excluding carboxylic acids is 2. The molecule has 2 unspecified atom stereocenters. The number of hydrazine groups is 1. The van der Waals surface area contributed by atoms with Gasteiger partial charge in [0, 0.05) is 17.7 Å². The van der Waals surface area contributed by atoms with E-state index in [0.29, 0.717) is 22.9 Å². The van der Waals surface area contributed by atoms with Crippen molar-refractivity contribution in [1.29, 1.82) is 0 Å². The highest BCUT2D eigenvalue weighted by Crippen LogP contribution is 2.50. The van der Waals surface area contributed by atoms with Crippen LogP contribution in [0.4, 0.5) is 5.82 Å². The van der Waals surface area contributed by atoms with Crippen LogP contribution < -0.4 is 25.4 Å². The number of thioether (sulfide) groups is 1. The summed E-state index contributed by atoms with van der Waals surface area (Å²) in [4.78, 5) is 50.5. The summed E-state index contributed by atoms with van der Waals surface area (Å²) >= 11 is 0.954. The molecule has 1 saturated carbocycles. The Balaban J connectivity index is 1.43. The third-order valence-electron chi connectivity index (χ3n) is 9.81. The van der Waals surface area contributed by atoms with Gasteiger partial charge in [-0.25, -0.2) is 9.99 Å². The number of fused-ring (bicyclic) bond motifs is 1. The standard InChI is InChI=1S/C33H43N5O9S/c1-46-22-13-12-17(14-23(22)47-2)25-19-10-6-7-11-20(19)37(18-8-4-3-5-9-18)30-26(25)31(44)35-29(34-30)32(45)36-38-24(41)16-48-33(38)28(43)27(42)21(40)15-39/h12-14,18,21,25,27-28,33,39-40,42-43H,3-11,15-16H2,1-2H3,(H,36,45)(H,34,35,44)/t21-,25?,27+,28-,33?/m1/s1. The molecule has 6 N–H and O–H groups in total. The highest BCUT2D eigenvalue weighted by Gasteiger charge is 2.44. The summed E-state index contributed by atoms with van der Waals surface area (Å²) < 4.78 is 11.1. The largest absolute Gasteiger partial charge is 0.493 e. The van der Waals surface area contributed by atoms with Gasteiger partial charge < -0.3 is 39.8 Å². The van der Waals surface area contributed by atoms with Gasteiger partial charge in [0.25, 0.3) is 11.5 Å². The Morgan fingerprint density at radius 3 is 2.50 bits per heavy atom. The third kappa shape index (κ3) is 6.29. The number of H-pyrrole nitrogens is 1. The van der Waals surface area contributed by atoms with E-state index in [2.05, 4.69) is 15.3 Å². The number of nitrogens with zero attached hydrogens (tertiary/aromatic N) is 3. The zero-order valence-electron chi connectivity index (χ0n) is 27.1. The number of aliphatic hydroxyl groups excluding tert-OH is 4. The molecule has 260 valence electrons. The number of allylic oxidation sites excluding steroid dienone is 2. The van der Waals surface area contributed by atoms with E-state index in [-0.39, 0.29) is 17.6 Å². The molecule has 0 spiro atoms. The number of rotatable bonds is 10. The first-order valence-electron chi connectivity index (χ1n) is 16.4. The number of nitrogens with one attached hydrogen (secondary N) is 2. The molecule has 1 saturated heterocycles. The number of amides is 2. The summed E-state index contributed by atoms with van der Waals surface area (Å²) in [6, 6.07) is 5.73. The van der Waals surface area contributed by atoms with Crippen molar-refractivity contribution < 1.29 is 39.5 Å². The quantitative estimate of drug-likeness (QED) is 0.211. The number of ether oxygens (including phenoxy) is 2. The first-order chi connectivity index (χ1) is 23.2. The van der Waals surface area contributed by atoms with Crippen molar-refractivity contribution in [1.82, 2.24) is 20.4 Å². The molecule has 2 aliphatic heterocycles. The van der Waals surface area contributed by atoms with Gasteiger partial charge in [-0.3, -0.25) is 19.8 Å². The van der Waals surface area contributed by atoms with Crippen molar-refractivity contribution in [2.75, 3.05) is 31.5 Å². The molecular weight excluding hydrogens is 642 g/mol. The molecule has 2 amide bonds. The monoisotopic (exact) mass is 685 g/mol. The fraction of sp³-hybridized carbons (Fsp3) is 0.576. The normalized spacial score (nSPS) is 23.3. The second-order valence-electron chi connectivity index (χ2n) is 12.7. The van der Waals surface area contributed by atoms with Crippen molar-refractivity contribution >= 4 is 29.4 Å². The van der Waals surface area contributed by atoms with Crippen LogP contribution in [0, 0.1) is 0 Å². The molecule has 1 aromatic heterocycles. The van der Waals surface area contributed by atoms with Crippen molar-refractivity contribution in [2.45, 2.75) is 93.4 Å². The van der Waals surface area contributed by atoms with Crippen molar-refractivity contribution in [3.63, 3.8) is 0 Å². The van der Waals surface area contributed by atoms with Gasteiger partial charge in [0.2, 0.25) is 5.82 Å². The average molecular weight is 686 g/mol. The van der Waals surface area contributed by atoms with E-state index in [1.165, 1.54) is 0 Å². The molecule has 4 aliphatic rings. The van der Waals surface area contributed by atoms with Gasteiger partial charge >= 0.3 is 5.91 Å². The number of carbonyl (C=O) groups is 2. The second-order valence-corrected chi connectivity index (χ2v) is 13.8. The van der Waals surface area contributed by atoms with E-state index < -0.39 is 53.6 Å². The van der Waals surface area contributed by atoms with Crippen molar-refractivity contribution in [2.24, 2.45) is 0 Å². The van der Waals surface area contributed by atoms with E-state index in [1.54, 1.807) is 14.2 Å². The summed E-state index contributed by atoms with van der Waals surface area (Å²) in [7, 11) is 3.13. The molecule has 6 rings (SSSR count). The Hall–Kier alpha value is -3.63. The average Bonchev–Trinajstić information content (AvgIpc) is 3.48. The number of hydrogen-bond acceptors (Lipinski definition) is 12. The molecule has 48 heavy (non-hydrogen) atoms. The van der Waals surface area contributed by atoms with Gasteiger partial charge in [0.15, 0.2) is 11.5 Å². The Bertz CT molecular complexity index is 1630. The molecule has 0 bridgehead atoms. The van der Waals surface area contributed by atoms with Crippen LogP contribution in [0.1, 0.15) is 85.5 Å². The third-order valence-corrected chi connectivity index (χ3v) is 11.1. The predicted molar refractivity (Wildman–Crippen MR) is 177 cm³/mol. The first-order valence-corrected chi connectivity index (χ1v) is 17.5. The van der Waals surface area contributed by atoms with Crippen LogP contribution in [0.15, 0.2) is 34.3 Å². The van der Waals surface area contributed by atoms with Gasteiger partial charge in [-0.1, -0.05) is 25.3 Å². The molecule has 1 aromatic carbocycles. The summed E-state index contributed by atoms with van der Waals surface area (Å²) in [6.45, 7) is -0.809. The Morgan fingerprint density at radius 2 is 1.79 bits per heavy atom. The SMILES string of the molecule is COc1ccc(C2C3=C(CCCC3)N(C3CCCCC3)c3nc(C(=O)NN4C(=O)CSC4[C@H](O)[C@@H](O)[C@H](O)CO)[nH]c(=O)c32)cc1OC. The lowest BCUT2D eigenvalue weighted by Crippen LogP contribution is -2.56. The predicted octanol–water partition coefficient (Wildman–Crippen LogP) is 1.52. The Morgan fingerprint density at radius 1 is 1.06 bits per heavy atom. The van der Waals surface area contributed by atoms with Crippen LogP contribution in [0.3, 0.4) is 0 Å². The van der Waals surface area contributed by atoms with Crippen LogP contribution in [-0.4, -0.2) is 104 Å². The molecule has 14 nitrogen and oxygen atoms in total. The molecule has 5 atom stereocenters. The van der Waals surface area contributed by atoms with Crippen LogP contribution in [0.5, 0.6) is 11.5 Å². The van der Waals surface area contributed by atoms with Gasteiger partial charge in [-0.2, -0.15) is 0 Å². The fourth-order valence-corrected chi connectivity index (χ4v) is 8.57. The fourth-order valence-electron chi connectivity index (χ4n) is 7.44. The van der Waals surface area contributed by atoms with Crippen molar-refractivity contribution in [3.05, 3.63) is 56.8 Å². The maximum atomic E-state index is 14.2.